The zero-order chi connectivity index (χ0) is 14.5. The summed E-state index contributed by atoms with van der Waals surface area (Å²) in [4.78, 5) is 16.0. The summed E-state index contributed by atoms with van der Waals surface area (Å²) in [6.45, 7) is 1.79. The summed E-state index contributed by atoms with van der Waals surface area (Å²) in [6.07, 6.45) is 4.06. The lowest BCUT2D eigenvalue weighted by Crippen LogP contribution is -2.19. The molecular formula is C15H18N2O3. The first kappa shape index (κ1) is 14.1. The summed E-state index contributed by atoms with van der Waals surface area (Å²) in [5, 5.41) is 0. The number of para-hydroxylation sites is 1. The van der Waals surface area contributed by atoms with E-state index in [-0.39, 0.29) is 5.97 Å². The van der Waals surface area contributed by atoms with Gasteiger partial charge in [-0.3, -0.25) is 0 Å². The molecule has 1 atom stereocenters. The van der Waals surface area contributed by atoms with E-state index >= 15 is 0 Å². The first-order valence-electron chi connectivity index (χ1n) is 6.38. The Hall–Kier alpha value is -2.30. The van der Waals surface area contributed by atoms with Crippen LogP contribution in [0.15, 0.2) is 36.7 Å². The van der Waals surface area contributed by atoms with E-state index in [4.69, 9.17) is 9.47 Å². The lowest BCUT2D eigenvalue weighted by Gasteiger charge is -2.15. The van der Waals surface area contributed by atoms with E-state index in [2.05, 4.69) is 4.98 Å². The Morgan fingerprint density at radius 2 is 2.10 bits per heavy atom. The molecule has 5 heteroatoms. The predicted molar refractivity (Wildman–Crippen MR) is 74.8 cm³/mol. The molecule has 0 aliphatic rings. The van der Waals surface area contributed by atoms with Gasteiger partial charge < -0.3 is 14.0 Å². The summed E-state index contributed by atoms with van der Waals surface area (Å²) in [5.74, 6) is 1.32. The molecule has 5 nitrogen and oxygen atoms in total. The molecular weight excluding hydrogens is 256 g/mol. The lowest BCUT2D eigenvalue weighted by molar-refractivity contribution is -0.144. The highest BCUT2D eigenvalue weighted by Crippen LogP contribution is 2.21. The van der Waals surface area contributed by atoms with Crippen LogP contribution in [0.2, 0.25) is 0 Å². The molecule has 0 saturated heterocycles. The van der Waals surface area contributed by atoms with E-state index in [0.717, 1.165) is 17.1 Å². The molecule has 0 saturated carbocycles. The molecule has 0 radical (unpaired) electrons. The normalized spacial score (nSPS) is 11.9. The van der Waals surface area contributed by atoms with Crippen molar-refractivity contribution >= 4 is 5.97 Å². The van der Waals surface area contributed by atoms with Crippen LogP contribution in [0.5, 0.6) is 5.75 Å². The molecule has 1 aromatic carbocycles. The van der Waals surface area contributed by atoms with Crippen molar-refractivity contribution < 1.29 is 14.3 Å². The molecule has 0 amide bonds. The largest absolute Gasteiger partial charge is 0.496 e. The van der Waals surface area contributed by atoms with Crippen LogP contribution >= 0.6 is 0 Å². The molecule has 0 bridgehead atoms. The Morgan fingerprint density at radius 1 is 1.35 bits per heavy atom. The van der Waals surface area contributed by atoms with Crippen molar-refractivity contribution in [3.8, 4) is 5.75 Å². The number of carbonyl (C=O) groups excluding carboxylic acids is 1. The summed E-state index contributed by atoms with van der Waals surface area (Å²) >= 11 is 0. The highest BCUT2D eigenvalue weighted by Gasteiger charge is 2.18. The van der Waals surface area contributed by atoms with Crippen LogP contribution in [0.3, 0.4) is 0 Å². The molecule has 1 heterocycles. The van der Waals surface area contributed by atoms with Crippen molar-refractivity contribution in [2.45, 2.75) is 19.4 Å². The van der Waals surface area contributed by atoms with Gasteiger partial charge in [0.05, 0.1) is 14.2 Å². The van der Waals surface area contributed by atoms with Crippen molar-refractivity contribution in [1.29, 1.82) is 0 Å². The molecule has 2 rings (SSSR count). The highest BCUT2D eigenvalue weighted by atomic mass is 16.5. The average Bonchev–Trinajstić information content (AvgIpc) is 2.94. The van der Waals surface area contributed by atoms with Gasteiger partial charge in [-0.25, -0.2) is 9.78 Å². The van der Waals surface area contributed by atoms with Gasteiger partial charge in [0.2, 0.25) is 0 Å². The van der Waals surface area contributed by atoms with Gasteiger partial charge in [-0.15, -0.1) is 0 Å². The molecule has 0 aliphatic carbocycles. The van der Waals surface area contributed by atoms with Crippen molar-refractivity contribution in [3.05, 3.63) is 48.0 Å². The third-order valence-corrected chi connectivity index (χ3v) is 3.25. The first-order chi connectivity index (χ1) is 9.67. The Morgan fingerprint density at radius 3 is 2.80 bits per heavy atom. The topological polar surface area (TPSA) is 53.4 Å². The summed E-state index contributed by atoms with van der Waals surface area (Å²) in [7, 11) is 3.03. The van der Waals surface area contributed by atoms with E-state index < -0.39 is 6.04 Å². The maximum absolute atomic E-state index is 11.6. The van der Waals surface area contributed by atoms with Crippen molar-refractivity contribution in [2.24, 2.45) is 0 Å². The monoisotopic (exact) mass is 274 g/mol. The quantitative estimate of drug-likeness (QED) is 0.784. The third kappa shape index (κ3) is 2.82. The minimum atomic E-state index is -0.396. The number of rotatable bonds is 5. The number of hydrogen-bond acceptors (Lipinski definition) is 4. The Balaban J connectivity index is 2.27. The number of carbonyl (C=O) groups is 1. The smallest absolute Gasteiger partial charge is 0.328 e. The predicted octanol–water partition coefficient (Wildman–Crippen LogP) is 2.22. The van der Waals surface area contributed by atoms with Crippen LogP contribution < -0.4 is 4.74 Å². The van der Waals surface area contributed by atoms with Gasteiger partial charge in [-0.2, -0.15) is 0 Å². The fourth-order valence-electron chi connectivity index (χ4n) is 2.14. The Bertz CT molecular complexity index is 592. The van der Waals surface area contributed by atoms with Gasteiger partial charge in [0.1, 0.15) is 17.6 Å². The van der Waals surface area contributed by atoms with Crippen molar-refractivity contribution in [2.75, 3.05) is 14.2 Å². The molecule has 0 fully saturated rings. The number of hydrogen-bond donors (Lipinski definition) is 0. The maximum atomic E-state index is 11.6. The molecule has 0 aliphatic heterocycles. The molecule has 2 aromatic rings. The van der Waals surface area contributed by atoms with Crippen molar-refractivity contribution in [1.82, 2.24) is 9.55 Å². The van der Waals surface area contributed by atoms with E-state index in [0.29, 0.717) is 6.42 Å². The number of methoxy groups -OCH3 is 2. The molecule has 0 N–H and O–H groups in total. The van der Waals surface area contributed by atoms with Gasteiger partial charge >= 0.3 is 5.97 Å². The molecule has 0 spiro atoms. The zero-order valence-electron chi connectivity index (χ0n) is 11.9. The number of esters is 1. The van der Waals surface area contributed by atoms with Crippen LogP contribution in [-0.4, -0.2) is 29.7 Å². The minimum absolute atomic E-state index is 0.288. The summed E-state index contributed by atoms with van der Waals surface area (Å²) in [6, 6.07) is 7.38. The second kappa shape index (κ2) is 6.23. The third-order valence-electron chi connectivity index (χ3n) is 3.25. The van der Waals surface area contributed by atoms with E-state index in [1.165, 1.54) is 7.11 Å². The number of benzene rings is 1. The SMILES string of the molecule is COC(=O)C(C)n1ccnc1Cc1ccccc1OC. The summed E-state index contributed by atoms with van der Waals surface area (Å²) in [5.41, 5.74) is 1.03. The van der Waals surface area contributed by atoms with Crippen LogP contribution in [0.4, 0.5) is 0 Å². The minimum Gasteiger partial charge on any atom is -0.496 e. The second-order valence-corrected chi connectivity index (χ2v) is 4.44. The van der Waals surface area contributed by atoms with Gasteiger partial charge in [-0.05, 0) is 13.0 Å². The van der Waals surface area contributed by atoms with E-state index in [1.807, 2.05) is 28.8 Å². The van der Waals surface area contributed by atoms with Gasteiger partial charge in [0.25, 0.3) is 0 Å². The highest BCUT2D eigenvalue weighted by molar-refractivity contribution is 5.73. The fourth-order valence-corrected chi connectivity index (χ4v) is 2.14. The summed E-state index contributed by atoms with van der Waals surface area (Å²) < 4.78 is 11.9. The van der Waals surface area contributed by atoms with Crippen molar-refractivity contribution in [3.63, 3.8) is 0 Å². The average molecular weight is 274 g/mol. The second-order valence-electron chi connectivity index (χ2n) is 4.44. The maximum Gasteiger partial charge on any atom is 0.328 e. The number of nitrogens with zero attached hydrogens (tertiary/aromatic N) is 2. The Labute approximate surface area is 118 Å². The molecule has 1 unspecified atom stereocenters. The van der Waals surface area contributed by atoms with Crippen LogP contribution in [0.1, 0.15) is 24.4 Å². The molecule has 20 heavy (non-hydrogen) atoms. The lowest BCUT2D eigenvalue weighted by atomic mass is 10.1. The first-order valence-corrected chi connectivity index (χ1v) is 6.38. The van der Waals surface area contributed by atoms with Crippen LogP contribution in [-0.2, 0) is 16.0 Å². The standard InChI is InChI=1S/C15H18N2O3/c1-11(15(18)20-3)17-9-8-16-14(17)10-12-6-4-5-7-13(12)19-2/h4-9,11H,10H2,1-3H3. The number of imidazole rings is 1. The van der Waals surface area contributed by atoms with Crippen LogP contribution in [0.25, 0.3) is 0 Å². The molecule has 106 valence electrons. The van der Waals surface area contributed by atoms with Gasteiger partial charge in [0.15, 0.2) is 0 Å². The Kier molecular flexibility index (Phi) is 4.40. The molecule has 1 aromatic heterocycles. The number of aromatic nitrogens is 2. The zero-order valence-corrected chi connectivity index (χ0v) is 11.9. The number of ether oxygens (including phenoxy) is 2. The van der Waals surface area contributed by atoms with Gasteiger partial charge in [0, 0.05) is 24.4 Å². The van der Waals surface area contributed by atoms with E-state index in [1.54, 1.807) is 26.4 Å². The van der Waals surface area contributed by atoms with Crippen LogP contribution in [0, 0.1) is 0 Å². The van der Waals surface area contributed by atoms with Gasteiger partial charge in [-0.1, -0.05) is 18.2 Å². The van der Waals surface area contributed by atoms with E-state index in [9.17, 15) is 4.79 Å². The fraction of sp³-hybridized carbons (Fsp3) is 0.333.